The van der Waals surface area contributed by atoms with E-state index in [1.807, 2.05) is 16.9 Å². The molecule has 5 heteroatoms. The Balaban J connectivity index is 1.89. The van der Waals surface area contributed by atoms with Gasteiger partial charge in [-0.25, -0.2) is 9.50 Å². The van der Waals surface area contributed by atoms with E-state index >= 15 is 0 Å². The molecule has 1 aliphatic heterocycles. The summed E-state index contributed by atoms with van der Waals surface area (Å²) in [5.41, 5.74) is 2.18. The van der Waals surface area contributed by atoms with Crippen molar-refractivity contribution >= 4 is 11.3 Å². The van der Waals surface area contributed by atoms with Crippen LogP contribution in [0.2, 0.25) is 0 Å². The third kappa shape index (κ3) is 2.56. The van der Waals surface area contributed by atoms with Crippen molar-refractivity contribution in [1.29, 1.82) is 0 Å². The lowest BCUT2D eigenvalue weighted by atomic mass is 10.1. The van der Waals surface area contributed by atoms with Crippen LogP contribution in [0, 0.1) is 0 Å². The average Bonchev–Trinajstić information content (AvgIpc) is 2.85. The highest BCUT2D eigenvalue weighted by Crippen LogP contribution is 2.21. The first-order valence-electron chi connectivity index (χ1n) is 7.05. The van der Waals surface area contributed by atoms with Crippen LogP contribution in [0.1, 0.15) is 38.3 Å². The van der Waals surface area contributed by atoms with Crippen LogP contribution in [0.25, 0.3) is 5.52 Å². The third-order valence-electron chi connectivity index (χ3n) is 3.64. The Morgan fingerprint density at radius 3 is 3.11 bits per heavy atom. The highest BCUT2D eigenvalue weighted by molar-refractivity contribution is 5.68. The highest BCUT2D eigenvalue weighted by Gasteiger charge is 2.15. The summed E-state index contributed by atoms with van der Waals surface area (Å²) < 4.78 is 1.92. The maximum Gasteiger partial charge on any atom is 0.152 e. The van der Waals surface area contributed by atoms with Gasteiger partial charge in [-0.15, -0.1) is 0 Å². The minimum Gasteiger partial charge on any atom is -0.364 e. The zero-order chi connectivity index (χ0) is 13.2. The van der Waals surface area contributed by atoms with Crippen molar-refractivity contribution in [2.75, 3.05) is 18.4 Å². The minimum atomic E-state index is 0.434. The Hall–Kier alpha value is -1.62. The molecule has 3 rings (SSSR count). The van der Waals surface area contributed by atoms with Crippen molar-refractivity contribution in [3.8, 4) is 0 Å². The normalized spacial score (nSPS) is 20.1. The van der Waals surface area contributed by atoms with Crippen LogP contribution in [-0.2, 0) is 0 Å². The molecule has 0 aromatic carbocycles. The molecule has 0 bridgehead atoms. The summed E-state index contributed by atoms with van der Waals surface area (Å²) in [6.07, 6.45) is 6.13. The van der Waals surface area contributed by atoms with Gasteiger partial charge >= 0.3 is 0 Å². The Kier molecular flexibility index (Phi) is 3.38. The Bertz CT molecular complexity index is 554. The van der Waals surface area contributed by atoms with Gasteiger partial charge in [0.2, 0.25) is 0 Å². The smallest absolute Gasteiger partial charge is 0.152 e. The number of rotatable bonds is 3. The molecule has 102 valence electrons. The first kappa shape index (κ1) is 12.4. The van der Waals surface area contributed by atoms with Crippen LogP contribution < -0.4 is 10.6 Å². The molecule has 2 aromatic rings. The summed E-state index contributed by atoms with van der Waals surface area (Å²) in [7, 11) is 0. The van der Waals surface area contributed by atoms with Gasteiger partial charge in [0.05, 0.1) is 5.69 Å². The molecule has 0 radical (unpaired) electrons. The van der Waals surface area contributed by atoms with Gasteiger partial charge in [-0.05, 0) is 31.4 Å². The average molecular weight is 259 g/mol. The van der Waals surface area contributed by atoms with E-state index in [0.717, 1.165) is 30.1 Å². The minimum absolute atomic E-state index is 0.434. The van der Waals surface area contributed by atoms with Crippen LogP contribution in [0.15, 0.2) is 18.5 Å². The van der Waals surface area contributed by atoms with Crippen molar-refractivity contribution < 1.29 is 0 Å². The fraction of sp³-hybridized carbons (Fsp3) is 0.571. The van der Waals surface area contributed by atoms with Gasteiger partial charge in [-0.2, -0.15) is 5.10 Å². The molecule has 0 aliphatic carbocycles. The number of piperidine rings is 1. The van der Waals surface area contributed by atoms with Crippen molar-refractivity contribution in [2.24, 2.45) is 0 Å². The SMILES string of the molecule is CC(C)c1cc2c(NC3CCCNC3)nccn2n1. The molecule has 0 saturated carbocycles. The largest absolute Gasteiger partial charge is 0.364 e. The van der Waals surface area contributed by atoms with Gasteiger partial charge in [0, 0.05) is 25.0 Å². The number of hydrogen-bond acceptors (Lipinski definition) is 4. The maximum atomic E-state index is 4.59. The van der Waals surface area contributed by atoms with E-state index in [1.165, 1.54) is 12.8 Å². The summed E-state index contributed by atoms with van der Waals surface area (Å²) in [5.74, 6) is 1.37. The lowest BCUT2D eigenvalue weighted by Gasteiger charge is -2.24. The molecule has 1 saturated heterocycles. The van der Waals surface area contributed by atoms with Gasteiger partial charge < -0.3 is 10.6 Å². The van der Waals surface area contributed by atoms with E-state index < -0.39 is 0 Å². The predicted molar refractivity (Wildman–Crippen MR) is 76.6 cm³/mol. The second kappa shape index (κ2) is 5.17. The van der Waals surface area contributed by atoms with Gasteiger partial charge in [0.25, 0.3) is 0 Å². The topological polar surface area (TPSA) is 54.2 Å². The van der Waals surface area contributed by atoms with E-state index in [4.69, 9.17) is 0 Å². The lowest BCUT2D eigenvalue weighted by Crippen LogP contribution is -2.38. The Labute approximate surface area is 113 Å². The molecule has 19 heavy (non-hydrogen) atoms. The second-order valence-electron chi connectivity index (χ2n) is 5.52. The van der Waals surface area contributed by atoms with Crippen LogP contribution in [0.3, 0.4) is 0 Å². The highest BCUT2D eigenvalue weighted by atomic mass is 15.2. The zero-order valence-corrected chi connectivity index (χ0v) is 11.6. The van der Waals surface area contributed by atoms with E-state index in [9.17, 15) is 0 Å². The van der Waals surface area contributed by atoms with Gasteiger partial charge in [-0.3, -0.25) is 0 Å². The van der Waals surface area contributed by atoms with Crippen molar-refractivity contribution in [3.63, 3.8) is 0 Å². The molecule has 5 nitrogen and oxygen atoms in total. The molecule has 1 fully saturated rings. The Morgan fingerprint density at radius 1 is 1.47 bits per heavy atom. The second-order valence-corrected chi connectivity index (χ2v) is 5.52. The molecule has 1 unspecified atom stereocenters. The molecule has 1 atom stereocenters. The summed E-state index contributed by atoms with van der Waals surface area (Å²) in [6, 6.07) is 2.60. The first-order valence-corrected chi connectivity index (χ1v) is 7.05. The molecule has 3 heterocycles. The summed E-state index contributed by atoms with van der Waals surface area (Å²) in [4.78, 5) is 4.47. The maximum absolute atomic E-state index is 4.59. The standard InChI is InChI=1S/C14H21N5/c1-10(2)12-8-13-14(16-6-7-19(13)18-12)17-11-4-3-5-15-9-11/h6-8,10-11,15H,3-5,9H2,1-2H3,(H,16,17). The number of nitrogens with zero attached hydrogens (tertiary/aromatic N) is 3. The predicted octanol–water partition coefficient (Wildman–Crippen LogP) is 2.02. The van der Waals surface area contributed by atoms with Crippen LogP contribution in [0.4, 0.5) is 5.82 Å². The molecule has 0 amide bonds. The van der Waals surface area contributed by atoms with E-state index in [2.05, 4.69) is 40.6 Å². The van der Waals surface area contributed by atoms with Crippen molar-refractivity contribution in [1.82, 2.24) is 19.9 Å². The summed E-state index contributed by atoms with van der Waals surface area (Å²) in [5, 5.41) is 11.5. The number of nitrogens with one attached hydrogen (secondary N) is 2. The van der Waals surface area contributed by atoms with E-state index in [1.54, 1.807) is 0 Å². The number of aromatic nitrogens is 3. The quantitative estimate of drug-likeness (QED) is 0.885. The first-order chi connectivity index (χ1) is 9.24. The molecule has 2 N–H and O–H groups in total. The van der Waals surface area contributed by atoms with Gasteiger partial charge in [-0.1, -0.05) is 13.8 Å². The number of fused-ring (bicyclic) bond motifs is 1. The van der Waals surface area contributed by atoms with Gasteiger partial charge in [0.15, 0.2) is 5.82 Å². The van der Waals surface area contributed by atoms with Crippen LogP contribution in [-0.4, -0.2) is 33.7 Å². The summed E-state index contributed by atoms with van der Waals surface area (Å²) in [6.45, 7) is 6.45. The molecular formula is C14H21N5. The van der Waals surface area contributed by atoms with Gasteiger partial charge in [0.1, 0.15) is 5.52 Å². The zero-order valence-electron chi connectivity index (χ0n) is 11.6. The fourth-order valence-electron chi connectivity index (χ4n) is 2.50. The van der Waals surface area contributed by atoms with E-state index in [-0.39, 0.29) is 0 Å². The number of anilines is 1. The van der Waals surface area contributed by atoms with Crippen molar-refractivity contribution in [2.45, 2.75) is 38.6 Å². The third-order valence-corrected chi connectivity index (χ3v) is 3.64. The Morgan fingerprint density at radius 2 is 2.37 bits per heavy atom. The van der Waals surface area contributed by atoms with Crippen LogP contribution >= 0.6 is 0 Å². The monoisotopic (exact) mass is 259 g/mol. The van der Waals surface area contributed by atoms with Crippen LogP contribution in [0.5, 0.6) is 0 Å². The van der Waals surface area contributed by atoms with Crippen molar-refractivity contribution in [3.05, 3.63) is 24.2 Å². The molecule has 0 spiro atoms. The molecule has 1 aliphatic rings. The lowest BCUT2D eigenvalue weighted by molar-refractivity contribution is 0.479. The molecule has 2 aromatic heterocycles. The van der Waals surface area contributed by atoms with E-state index in [0.29, 0.717) is 12.0 Å². The fourth-order valence-corrected chi connectivity index (χ4v) is 2.50. The molecular weight excluding hydrogens is 238 g/mol. The summed E-state index contributed by atoms with van der Waals surface area (Å²) >= 11 is 0. The number of hydrogen-bond donors (Lipinski definition) is 2.